The fourth-order valence-corrected chi connectivity index (χ4v) is 3.10. The highest BCUT2D eigenvalue weighted by Gasteiger charge is 2.23. The Bertz CT molecular complexity index is 504. The fourth-order valence-electron chi connectivity index (χ4n) is 2.45. The maximum atomic E-state index is 5.36. The Kier molecular flexibility index (Phi) is 3.91. The van der Waals surface area contributed by atoms with Crippen molar-refractivity contribution in [3.8, 4) is 10.7 Å². The van der Waals surface area contributed by atoms with Crippen molar-refractivity contribution >= 4 is 11.3 Å². The SMILES string of the molecule is CCN(Cc1nc(-c2cccs2)no1)C1CCNC1. The predicted octanol–water partition coefficient (Wildman–Crippen LogP) is 1.98. The molecule has 1 unspecified atom stereocenters. The van der Waals surface area contributed by atoms with Gasteiger partial charge >= 0.3 is 0 Å². The summed E-state index contributed by atoms with van der Waals surface area (Å²) in [7, 11) is 0. The van der Waals surface area contributed by atoms with E-state index in [0.717, 1.165) is 31.1 Å². The minimum absolute atomic E-state index is 0.585. The van der Waals surface area contributed by atoms with E-state index >= 15 is 0 Å². The highest BCUT2D eigenvalue weighted by Crippen LogP contribution is 2.22. The van der Waals surface area contributed by atoms with E-state index in [2.05, 4.69) is 27.3 Å². The summed E-state index contributed by atoms with van der Waals surface area (Å²) in [5, 5.41) is 9.47. The molecule has 1 N–H and O–H groups in total. The van der Waals surface area contributed by atoms with Crippen LogP contribution in [0, 0.1) is 0 Å². The molecule has 1 atom stereocenters. The van der Waals surface area contributed by atoms with Gasteiger partial charge in [0.05, 0.1) is 11.4 Å². The van der Waals surface area contributed by atoms with E-state index in [1.165, 1.54) is 6.42 Å². The highest BCUT2D eigenvalue weighted by molar-refractivity contribution is 7.13. The summed E-state index contributed by atoms with van der Waals surface area (Å²) in [5.74, 6) is 1.41. The van der Waals surface area contributed by atoms with Crippen molar-refractivity contribution in [1.29, 1.82) is 0 Å². The molecule has 2 aromatic heterocycles. The normalized spacial score (nSPS) is 19.4. The van der Waals surface area contributed by atoms with E-state index in [0.29, 0.717) is 17.8 Å². The molecule has 2 aromatic rings. The first-order chi connectivity index (χ1) is 9.36. The zero-order valence-electron chi connectivity index (χ0n) is 11.0. The molecule has 0 saturated carbocycles. The number of likely N-dealkylation sites (N-methyl/N-ethyl adjacent to an activating group) is 1. The van der Waals surface area contributed by atoms with Gasteiger partial charge in [-0.1, -0.05) is 18.1 Å². The van der Waals surface area contributed by atoms with Gasteiger partial charge in [-0.25, -0.2) is 0 Å². The molecule has 0 aromatic carbocycles. The van der Waals surface area contributed by atoms with Crippen LogP contribution >= 0.6 is 11.3 Å². The van der Waals surface area contributed by atoms with Crippen molar-refractivity contribution in [2.24, 2.45) is 0 Å². The number of hydrogen-bond donors (Lipinski definition) is 1. The molecule has 3 rings (SSSR count). The monoisotopic (exact) mass is 278 g/mol. The lowest BCUT2D eigenvalue weighted by Crippen LogP contribution is -2.36. The molecule has 19 heavy (non-hydrogen) atoms. The van der Waals surface area contributed by atoms with Crippen LogP contribution in [0.4, 0.5) is 0 Å². The molecule has 102 valence electrons. The zero-order chi connectivity index (χ0) is 13.1. The largest absolute Gasteiger partial charge is 0.338 e. The summed E-state index contributed by atoms with van der Waals surface area (Å²) in [6, 6.07) is 4.60. The second-order valence-corrected chi connectivity index (χ2v) is 5.65. The number of aromatic nitrogens is 2. The minimum atomic E-state index is 0.585. The standard InChI is InChI=1S/C13H18N4OS/c1-2-17(10-5-6-14-8-10)9-12-15-13(16-18-12)11-4-3-7-19-11/h3-4,7,10,14H,2,5-6,8-9H2,1H3. The lowest BCUT2D eigenvalue weighted by Gasteiger charge is -2.24. The van der Waals surface area contributed by atoms with E-state index in [4.69, 9.17) is 4.52 Å². The van der Waals surface area contributed by atoms with Crippen molar-refractivity contribution in [3.05, 3.63) is 23.4 Å². The van der Waals surface area contributed by atoms with Gasteiger partial charge in [-0.05, 0) is 31.0 Å². The van der Waals surface area contributed by atoms with E-state index in [1.54, 1.807) is 11.3 Å². The molecular formula is C13H18N4OS. The number of nitrogens with one attached hydrogen (secondary N) is 1. The van der Waals surface area contributed by atoms with Crippen LogP contribution in [0.25, 0.3) is 10.7 Å². The van der Waals surface area contributed by atoms with Crippen LogP contribution in [0.3, 0.4) is 0 Å². The summed E-state index contributed by atoms with van der Waals surface area (Å²) in [5.41, 5.74) is 0. The van der Waals surface area contributed by atoms with Crippen LogP contribution in [0.2, 0.25) is 0 Å². The third-order valence-electron chi connectivity index (χ3n) is 3.50. The molecule has 0 spiro atoms. The summed E-state index contributed by atoms with van der Waals surface area (Å²) in [6.07, 6.45) is 1.19. The Morgan fingerprint density at radius 2 is 2.53 bits per heavy atom. The molecular weight excluding hydrogens is 260 g/mol. The summed E-state index contributed by atoms with van der Waals surface area (Å²) >= 11 is 1.63. The quantitative estimate of drug-likeness (QED) is 0.906. The van der Waals surface area contributed by atoms with Crippen molar-refractivity contribution in [3.63, 3.8) is 0 Å². The summed E-state index contributed by atoms with van der Waals surface area (Å²) in [4.78, 5) is 7.93. The molecule has 0 bridgehead atoms. The van der Waals surface area contributed by atoms with Gasteiger partial charge in [0.1, 0.15) is 0 Å². The van der Waals surface area contributed by atoms with Crippen LogP contribution in [0.1, 0.15) is 19.2 Å². The van der Waals surface area contributed by atoms with Gasteiger partial charge < -0.3 is 9.84 Å². The van der Waals surface area contributed by atoms with Gasteiger partial charge in [-0.3, -0.25) is 4.90 Å². The molecule has 1 aliphatic heterocycles. The first-order valence-electron chi connectivity index (χ1n) is 6.68. The topological polar surface area (TPSA) is 54.2 Å². The average Bonchev–Trinajstić information content (AvgIpc) is 3.15. The summed E-state index contributed by atoms with van der Waals surface area (Å²) < 4.78 is 5.36. The molecule has 1 saturated heterocycles. The number of rotatable bonds is 5. The maximum absolute atomic E-state index is 5.36. The zero-order valence-corrected chi connectivity index (χ0v) is 11.8. The first-order valence-corrected chi connectivity index (χ1v) is 7.56. The van der Waals surface area contributed by atoms with E-state index in [1.807, 2.05) is 17.5 Å². The van der Waals surface area contributed by atoms with Crippen molar-refractivity contribution < 1.29 is 4.52 Å². The van der Waals surface area contributed by atoms with Crippen LogP contribution in [0.15, 0.2) is 22.0 Å². The second kappa shape index (κ2) is 5.81. The Morgan fingerprint density at radius 3 is 3.21 bits per heavy atom. The van der Waals surface area contributed by atoms with Crippen molar-refractivity contribution in [2.75, 3.05) is 19.6 Å². The molecule has 3 heterocycles. The average molecular weight is 278 g/mol. The van der Waals surface area contributed by atoms with Crippen LogP contribution in [-0.2, 0) is 6.54 Å². The third-order valence-corrected chi connectivity index (χ3v) is 4.37. The van der Waals surface area contributed by atoms with Gasteiger partial charge in [-0.2, -0.15) is 4.98 Å². The van der Waals surface area contributed by atoms with Crippen molar-refractivity contribution in [1.82, 2.24) is 20.4 Å². The minimum Gasteiger partial charge on any atom is -0.338 e. The molecule has 6 heteroatoms. The predicted molar refractivity (Wildman–Crippen MR) is 75.0 cm³/mol. The molecule has 0 radical (unpaired) electrons. The Hall–Kier alpha value is -1.24. The van der Waals surface area contributed by atoms with Gasteiger partial charge in [0.2, 0.25) is 11.7 Å². The maximum Gasteiger partial charge on any atom is 0.241 e. The molecule has 0 aliphatic carbocycles. The first kappa shape index (κ1) is 12.8. The molecule has 0 amide bonds. The highest BCUT2D eigenvalue weighted by atomic mass is 32.1. The Balaban J connectivity index is 1.68. The molecule has 1 fully saturated rings. The van der Waals surface area contributed by atoms with E-state index in [9.17, 15) is 0 Å². The second-order valence-electron chi connectivity index (χ2n) is 4.70. The fraction of sp³-hybridized carbons (Fsp3) is 0.538. The Labute approximate surface area is 116 Å². The van der Waals surface area contributed by atoms with Gasteiger partial charge in [0.15, 0.2) is 0 Å². The molecule has 5 nitrogen and oxygen atoms in total. The van der Waals surface area contributed by atoms with Crippen LogP contribution in [0.5, 0.6) is 0 Å². The number of nitrogens with zero attached hydrogens (tertiary/aromatic N) is 3. The third kappa shape index (κ3) is 2.86. The molecule has 1 aliphatic rings. The lowest BCUT2D eigenvalue weighted by molar-refractivity contribution is 0.183. The van der Waals surface area contributed by atoms with Gasteiger partial charge in [0, 0.05) is 12.6 Å². The van der Waals surface area contributed by atoms with Crippen LogP contribution < -0.4 is 5.32 Å². The smallest absolute Gasteiger partial charge is 0.241 e. The lowest BCUT2D eigenvalue weighted by atomic mass is 10.2. The van der Waals surface area contributed by atoms with Gasteiger partial charge in [-0.15, -0.1) is 11.3 Å². The number of hydrogen-bond acceptors (Lipinski definition) is 6. The Morgan fingerprint density at radius 1 is 1.58 bits per heavy atom. The summed E-state index contributed by atoms with van der Waals surface area (Å²) in [6.45, 7) is 6.07. The van der Waals surface area contributed by atoms with Gasteiger partial charge in [0.25, 0.3) is 0 Å². The van der Waals surface area contributed by atoms with E-state index < -0.39 is 0 Å². The van der Waals surface area contributed by atoms with E-state index in [-0.39, 0.29) is 0 Å². The van der Waals surface area contributed by atoms with Crippen molar-refractivity contribution in [2.45, 2.75) is 25.9 Å². The van der Waals surface area contributed by atoms with Crippen LogP contribution in [-0.4, -0.2) is 40.7 Å². The number of thiophene rings is 1.